The zero-order valence-corrected chi connectivity index (χ0v) is 23.6. The Labute approximate surface area is 235 Å². The second kappa shape index (κ2) is 11.5. The first-order valence-electron chi connectivity index (χ1n) is 14.0. The summed E-state index contributed by atoms with van der Waals surface area (Å²) in [6, 6.07) is 22.8. The highest BCUT2D eigenvalue weighted by molar-refractivity contribution is 5.97. The van der Waals surface area contributed by atoms with Crippen LogP contribution < -0.4 is 10.1 Å². The normalized spacial score (nSPS) is 15.0. The molecule has 1 fully saturated rings. The summed E-state index contributed by atoms with van der Waals surface area (Å²) >= 11 is 0. The van der Waals surface area contributed by atoms with Crippen molar-refractivity contribution < 1.29 is 19.1 Å². The SMILES string of the molecule is COc1ccccc1-c1cc(C(=O)N[C@H](C(=O)OC(C)(C)C)C2CCCCC2)nn1-c1cccc2ccccc12. The molecule has 1 amide bonds. The van der Waals surface area contributed by atoms with Crippen LogP contribution >= 0.6 is 0 Å². The molecule has 1 aliphatic carbocycles. The average Bonchev–Trinajstić information content (AvgIpc) is 3.40. The summed E-state index contributed by atoms with van der Waals surface area (Å²) < 4.78 is 13.2. The van der Waals surface area contributed by atoms with Crippen molar-refractivity contribution in [3.05, 3.63) is 78.5 Å². The van der Waals surface area contributed by atoms with Gasteiger partial charge in [-0.15, -0.1) is 0 Å². The van der Waals surface area contributed by atoms with Crippen LogP contribution in [0.15, 0.2) is 72.8 Å². The number of carbonyl (C=O) groups is 2. The summed E-state index contributed by atoms with van der Waals surface area (Å²) in [4.78, 5) is 27.1. The maximum absolute atomic E-state index is 13.8. The van der Waals surface area contributed by atoms with Crippen molar-refractivity contribution in [1.29, 1.82) is 0 Å². The van der Waals surface area contributed by atoms with Gasteiger partial charge >= 0.3 is 5.97 Å². The van der Waals surface area contributed by atoms with Crippen molar-refractivity contribution in [1.82, 2.24) is 15.1 Å². The van der Waals surface area contributed by atoms with Crippen molar-refractivity contribution in [2.24, 2.45) is 5.92 Å². The van der Waals surface area contributed by atoms with E-state index in [2.05, 4.69) is 5.32 Å². The van der Waals surface area contributed by atoms with Gasteiger partial charge in [-0.1, -0.05) is 67.8 Å². The summed E-state index contributed by atoms with van der Waals surface area (Å²) in [7, 11) is 1.63. The van der Waals surface area contributed by atoms with Gasteiger partial charge in [0.15, 0.2) is 5.69 Å². The van der Waals surface area contributed by atoms with Gasteiger partial charge in [-0.3, -0.25) is 4.79 Å². The first-order valence-corrected chi connectivity index (χ1v) is 14.0. The van der Waals surface area contributed by atoms with Gasteiger partial charge in [-0.25, -0.2) is 9.48 Å². The number of para-hydroxylation sites is 1. The van der Waals surface area contributed by atoms with Gasteiger partial charge in [-0.2, -0.15) is 5.10 Å². The van der Waals surface area contributed by atoms with Crippen LogP contribution in [0.2, 0.25) is 0 Å². The molecule has 1 aromatic heterocycles. The Kier molecular flexibility index (Phi) is 7.92. The Morgan fingerprint density at radius 1 is 0.950 bits per heavy atom. The van der Waals surface area contributed by atoms with E-state index < -0.39 is 23.5 Å². The number of rotatable bonds is 7. The molecule has 0 saturated heterocycles. The molecule has 3 aromatic carbocycles. The highest BCUT2D eigenvalue weighted by atomic mass is 16.6. The molecule has 208 valence electrons. The van der Waals surface area contributed by atoms with Gasteiger partial charge in [0.1, 0.15) is 17.4 Å². The van der Waals surface area contributed by atoms with E-state index in [-0.39, 0.29) is 11.6 Å². The number of hydrogen-bond acceptors (Lipinski definition) is 5. The maximum atomic E-state index is 13.8. The van der Waals surface area contributed by atoms with Crippen LogP contribution in [0, 0.1) is 5.92 Å². The number of benzene rings is 3. The van der Waals surface area contributed by atoms with E-state index in [1.165, 1.54) is 0 Å². The van der Waals surface area contributed by atoms with Crippen LogP contribution in [0.5, 0.6) is 5.75 Å². The quantitative estimate of drug-likeness (QED) is 0.264. The van der Waals surface area contributed by atoms with Gasteiger partial charge in [0, 0.05) is 10.9 Å². The minimum absolute atomic E-state index is 0.0291. The third kappa shape index (κ3) is 5.88. The first-order chi connectivity index (χ1) is 19.2. The fourth-order valence-corrected chi connectivity index (χ4v) is 5.53. The van der Waals surface area contributed by atoms with Gasteiger partial charge in [0.25, 0.3) is 5.91 Å². The Morgan fingerprint density at radius 2 is 1.65 bits per heavy atom. The number of nitrogens with zero attached hydrogens (tertiary/aromatic N) is 2. The summed E-state index contributed by atoms with van der Waals surface area (Å²) in [6.07, 6.45) is 4.96. The summed E-state index contributed by atoms with van der Waals surface area (Å²) in [6.45, 7) is 5.53. The minimum atomic E-state index is -0.732. The van der Waals surface area contributed by atoms with Crippen LogP contribution in [0.25, 0.3) is 27.7 Å². The molecule has 1 N–H and O–H groups in total. The van der Waals surface area contributed by atoms with E-state index in [4.69, 9.17) is 14.6 Å². The number of hydrogen-bond donors (Lipinski definition) is 1. The highest BCUT2D eigenvalue weighted by Crippen LogP contribution is 2.34. The molecule has 0 spiro atoms. The topological polar surface area (TPSA) is 82.4 Å². The smallest absolute Gasteiger partial charge is 0.329 e. The fourth-order valence-electron chi connectivity index (χ4n) is 5.53. The van der Waals surface area contributed by atoms with Crippen molar-refractivity contribution in [2.45, 2.75) is 64.5 Å². The monoisotopic (exact) mass is 539 g/mol. The van der Waals surface area contributed by atoms with Gasteiger partial charge in [0.2, 0.25) is 0 Å². The molecule has 40 heavy (non-hydrogen) atoms. The molecule has 1 saturated carbocycles. The molecule has 0 bridgehead atoms. The number of esters is 1. The van der Waals surface area contributed by atoms with Crippen molar-refractivity contribution in [3.63, 3.8) is 0 Å². The zero-order valence-electron chi connectivity index (χ0n) is 23.6. The Morgan fingerprint density at radius 3 is 2.40 bits per heavy atom. The van der Waals surface area contributed by atoms with Crippen LogP contribution in [-0.4, -0.2) is 40.4 Å². The average molecular weight is 540 g/mol. The van der Waals surface area contributed by atoms with Gasteiger partial charge < -0.3 is 14.8 Å². The van der Waals surface area contributed by atoms with E-state index in [1.807, 2.05) is 87.5 Å². The van der Waals surface area contributed by atoms with Crippen LogP contribution in [0.3, 0.4) is 0 Å². The second-order valence-corrected chi connectivity index (χ2v) is 11.4. The lowest BCUT2D eigenvalue weighted by atomic mass is 9.83. The van der Waals surface area contributed by atoms with Crippen LogP contribution in [0.4, 0.5) is 0 Å². The number of carbonyl (C=O) groups excluding carboxylic acids is 2. The van der Waals surface area contributed by atoms with E-state index in [0.29, 0.717) is 11.4 Å². The molecule has 0 radical (unpaired) electrons. The van der Waals surface area contributed by atoms with E-state index in [9.17, 15) is 9.59 Å². The molecule has 0 unspecified atom stereocenters. The lowest BCUT2D eigenvalue weighted by Crippen LogP contribution is -2.49. The van der Waals surface area contributed by atoms with Crippen LogP contribution in [-0.2, 0) is 9.53 Å². The third-order valence-corrected chi connectivity index (χ3v) is 7.39. The Hall–Kier alpha value is -4.13. The summed E-state index contributed by atoms with van der Waals surface area (Å²) in [5, 5.41) is 9.89. The molecule has 0 aliphatic heterocycles. The van der Waals surface area contributed by atoms with E-state index in [0.717, 1.165) is 54.1 Å². The van der Waals surface area contributed by atoms with Crippen LogP contribution in [0.1, 0.15) is 63.4 Å². The Bertz CT molecular complexity index is 1510. The highest BCUT2D eigenvalue weighted by Gasteiger charge is 2.35. The molecule has 5 rings (SSSR count). The third-order valence-electron chi connectivity index (χ3n) is 7.39. The molecule has 7 nitrogen and oxygen atoms in total. The second-order valence-electron chi connectivity index (χ2n) is 11.4. The largest absolute Gasteiger partial charge is 0.496 e. The van der Waals surface area contributed by atoms with Crippen molar-refractivity contribution in [3.8, 4) is 22.7 Å². The first kappa shape index (κ1) is 27.4. The number of aromatic nitrogens is 2. The predicted molar refractivity (Wildman–Crippen MR) is 157 cm³/mol. The molecular formula is C33H37N3O4. The molecular weight excluding hydrogens is 502 g/mol. The predicted octanol–water partition coefficient (Wildman–Crippen LogP) is 6.72. The van der Waals surface area contributed by atoms with E-state index >= 15 is 0 Å². The molecule has 1 aliphatic rings. The lowest BCUT2D eigenvalue weighted by molar-refractivity contribution is -0.159. The number of methoxy groups -OCH3 is 1. The van der Waals surface area contributed by atoms with Crippen molar-refractivity contribution >= 4 is 22.6 Å². The summed E-state index contributed by atoms with van der Waals surface area (Å²) in [5.74, 6) is -0.103. The lowest BCUT2D eigenvalue weighted by Gasteiger charge is -2.31. The fraction of sp³-hybridized carbons (Fsp3) is 0.364. The minimum Gasteiger partial charge on any atom is -0.496 e. The standard InChI is InChI=1S/C33H37N3O4/c1-33(2,3)40-32(38)30(23-14-6-5-7-15-23)34-31(37)26-21-28(25-18-10-11-20-29(25)39-4)36(35-26)27-19-12-16-22-13-8-9-17-24(22)27/h8-13,16-21,23,30H,5-7,14-15H2,1-4H3,(H,34,37)/t30-/m0/s1. The number of amides is 1. The maximum Gasteiger partial charge on any atom is 0.329 e. The summed E-state index contributed by atoms with van der Waals surface area (Å²) in [5.41, 5.74) is 1.93. The molecule has 1 heterocycles. The number of nitrogens with one attached hydrogen (secondary N) is 1. The molecule has 7 heteroatoms. The van der Waals surface area contributed by atoms with E-state index in [1.54, 1.807) is 17.9 Å². The zero-order chi connectivity index (χ0) is 28.3. The van der Waals surface area contributed by atoms with Gasteiger partial charge in [0.05, 0.1) is 18.5 Å². The number of ether oxygens (including phenoxy) is 2. The number of fused-ring (bicyclic) bond motifs is 1. The Balaban J connectivity index is 1.57. The van der Waals surface area contributed by atoms with Crippen molar-refractivity contribution in [2.75, 3.05) is 7.11 Å². The van der Waals surface area contributed by atoms with Gasteiger partial charge in [-0.05, 0) is 69.2 Å². The molecule has 4 aromatic rings. The molecule has 1 atom stereocenters.